The number of piperidine rings is 1. The molecular formula is C23H30ClN3O3. The normalized spacial score (nSPS) is 20.0. The van der Waals surface area contributed by atoms with Gasteiger partial charge in [0.2, 0.25) is 5.91 Å². The number of ether oxygens (including phenoxy) is 1. The summed E-state index contributed by atoms with van der Waals surface area (Å²) in [6.07, 6.45) is 1.46. The second kappa shape index (κ2) is 9.67. The Morgan fingerprint density at radius 1 is 1.03 bits per heavy atom. The van der Waals surface area contributed by atoms with Crippen LogP contribution in [0.4, 0.5) is 0 Å². The molecule has 2 aromatic rings. The number of carbonyl (C=O) groups excluding carboxylic acids is 2. The minimum atomic E-state index is 0. The number of piperazine rings is 1. The topological polar surface area (TPSA) is 61.9 Å². The number of carbonyl (C=O) groups is 2. The van der Waals surface area contributed by atoms with Crippen molar-refractivity contribution in [2.24, 2.45) is 5.92 Å². The Morgan fingerprint density at radius 2 is 1.73 bits per heavy atom. The average Bonchev–Trinajstić information content (AvgIpc) is 2.78. The van der Waals surface area contributed by atoms with Crippen molar-refractivity contribution in [3.8, 4) is 5.75 Å². The quantitative estimate of drug-likeness (QED) is 0.811. The van der Waals surface area contributed by atoms with Crippen LogP contribution in [0.15, 0.2) is 36.4 Å². The molecule has 2 aliphatic rings. The van der Waals surface area contributed by atoms with Crippen molar-refractivity contribution in [1.29, 1.82) is 0 Å². The molecule has 0 spiro atoms. The molecule has 2 aromatic carbocycles. The van der Waals surface area contributed by atoms with Crippen molar-refractivity contribution in [3.05, 3.63) is 42.0 Å². The summed E-state index contributed by atoms with van der Waals surface area (Å²) in [6, 6.07) is 11.8. The molecule has 0 saturated carbocycles. The first-order valence-electron chi connectivity index (χ1n) is 10.5. The Morgan fingerprint density at radius 3 is 2.40 bits per heavy atom. The lowest BCUT2D eigenvalue weighted by atomic mass is 9.93. The number of nitrogens with zero attached hydrogens (tertiary/aromatic N) is 2. The first kappa shape index (κ1) is 22.4. The second-order valence-corrected chi connectivity index (χ2v) is 8.01. The summed E-state index contributed by atoms with van der Waals surface area (Å²) in [5.41, 5.74) is 0.696. The van der Waals surface area contributed by atoms with E-state index in [1.54, 1.807) is 7.11 Å². The van der Waals surface area contributed by atoms with Gasteiger partial charge in [-0.3, -0.25) is 9.59 Å². The molecule has 2 aliphatic heterocycles. The number of benzene rings is 2. The number of likely N-dealkylation sites (tertiary alicyclic amines) is 1. The van der Waals surface area contributed by atoms with E-state index < -0.39 is 0 Å². The predicted octanol–water partition coefficient (Wildman–Crippen LogP) is 2.94. The molecule has 30 heavy (non-hydrogen) atoms. The van der Waals surface area contributed by atoms with Gasteiger partial charge in [-0.15, -0.1) is 12.4 Å². The van der Waals surface area contributed by atoms with Crippen LogP contribution in [0.3, 0.4) is 0 Å². The molecule has 6 nitrogen and oxygen atoms in total. The maximum absolute atomic E-state index is 13.2. The van der Waals surface area contributed by atoms with E-state index in [4.69, 9.17) is 4.74 Å². The third-order valence-electron chi connectivity index (χ3n) is 6.25. The number of halogens is 1. The van der Waals surface area contributed by atoms with Crippen LogP contribution in [0.5, 0.6) is 5.75 Å². The van der Waals surface area contributed by atoms with Gasteiger partial charge >= 0.3 is 0 Å². The van der Waals surface area contributed by atoms with Crippen LogP contribution in [0.1, 0.15) is 30.1 Å². The molecule has 2 heterocycles. The number of methoxy groups -OCH3 is 1. The van der Waals surface area contributed by atoms with E-state index in [2.05, 4.69) is 12.2 Å². The van der Waals surface area contributed by atoms with Crippen molar-refractivity contribution >= 4 is 35.0 Å². The molecular weight excluding hydrogens is 402 g/mol. The van der Waals surface area contributed by atoms with Crippen molar-refractivity contribution in [3.63, 3.8) is 0 Å². The molecule has 2 saturated heterocycles. The molecule has 0 bridgehead atoms. The van der Waals surface area contributed by atoms with E-state index in [-0.39, 0.29) is 36.2 Å². The number of hydrogen-bond donors (Lipinski definition) is 1. The van der Waals surface area contributed by atoms with Crippen LogP contribution in [-0.2, 0) is 4.79 Å². The standard InChI is InChI=1S/C23H29N3O3.ClH/c1-16-15-24-11-14-26(16)22(27)17-9-12-25(13-10-17)23(28)20-7-8-21(29-2)19-6-4-3-5-18(19)20;/h3-8,16-17,24H,9-15H2,1-2H3;1H/t16-;/m1./s1. The van der Waals surface area contributed by atoms with Gasteiger partial charge in [0, 0.05) is 55.6 Å². The van der Waals surface area contributed by atoms with Gasteiger partial charge in [0.25, 0.3) is 5.91 Å². The van der Waals surface area contributed by atoms with Crippen LogP contribution in [0.2, 0.25) is 0 Å². The zero-order valence-corrected chi connectivity index (χ0v) is 18.4. The highest BCUT2D eigenvalue weighted by Gasteiger charge is 2.33. The maximum atomic E-state index is 13.2. The lowest BCUT2D eigenvalue weighted by Gasteiger charge is -2.39. The fourth-order valence-corrected chi connectivity index (χ4v) is 4.54. The SMILES string of the molecule is COc1ccc(C(=O)N2CCC(C(=O)N3CCNC[C@H]3C)CC2)c2ccccc12.Cl. The Balaban J connectivity index is 0.00000256. The van der Waals surface area contributed by atoms with Crippen molar-refractivity contribution in [2.75, 3.05) is 39.8 Å². The first-order valence-corrected chi connectivity index (χ1v) is 10.5. The summed E-state index contributed by atoms with van der Waals surface area (Å²) in [5.74, 6) is 1.07. The maximum Gasteiger partial charge on any atom is 0.254 e. The summed E-state index contributed by atoms with van der Waals surface area (Å²) in [5, 5.41) is 5.18. The number of rotatable bonds is 3. The van der Waals surface area contributed by atoms with E-state index in [9.17, 15) is 9.59 Å². The monoisotopic (exact) mass is 431 g/mol. The van der Waals surface area contributed by atoms with Crippen molar-refractivity contribution in [1.82, 2.24) is 15.1 Å². The van der Waals surface area contributed by atoms with Gasteiger partial charge < -0.3 is 19.9 Å². The summed E-state index contributed by atoms with van der Waals surface area (Å²) in [4.78, 5) is 30.1. The van der Waals surface area contributed by atoms with Crippen molar-refractivity contribution < 1.29 is 14.3 Å². The van der Waals surface area contributed by atoms with Crippen LogP contribution in [0, 0.1) is 5.92 Å². The molecule has 162 valence electrons. The zero-order valence-electron chi connectivity index (χ0n) is 17.6. The van der Waals surface area contributed by atoms with Gasteiger partial charge in [0.15, 0.2) is 0 Å². The molecule has 1 N–H and O–H groups in total. The number of nitrogens with one attached hydrogen (secondary N) is 1. The highest BCUT2D eigenvalue weighted by atomic mass is 35.5. The third-order valence-corrected chi connectivity index (χ3v) is 6.25. The first-order chi connectivity index (χ1) is 14.1. The van der Waals surface area contributed by atoms with E-state index in [1.807, 2.05) is 46.2 Å². The Hall–Kier alpha value is -2.31. The summed E-state index contributed by atoms with van der Waals surface area (Å²) in [6.45, 7) is 5.83. The van der Waals surface area contributed by atoms with E-state index in [1.165, 1.54) is 0 Å². The van der Waals surface area contributed by atoms with E-state index >= 15 is 0 Å². The zero-order chi connectivity index (χ0) is 20.4. The fourth-order valence-electron chi connectivity index (χ4n) is 4.54. The van der Waals surface area contributed by atoms with Gasteiger partial charge in [-0.1, -0.05) is 24.3 Å². The van der Waals surface area contributed by atoms with E-state index in [0.717, 1.165) is 49.0 Å². The highest BCUT2D eigenvalue weighted by molar-refractivity contribution is 6.08. The van der Waals surface area contributed by atoms with Crippen molar-refractivity contribution in [2.45, 2.75) is 25.8 Å². The number of hydrogen-bond acceptors (Lipinski definition) is 4. The second-order valence-electron chi connectivity index (χ2n) is 8.01. The summed E-state index contributed by atoms with van der Waals surface area (Å²) >= 11 is 0. The number of amides is 2. The minimum absolute atomic E-state index is 0. The Labute approximate surface area is 184 Å². The molecule has 1 atom stereocenters. The van der Waals surface area contributed by atoms with Gasteiger partial charge in [-0.25, -0.2) is 0 Å². The highest BCUT2D eigenvalue weighted by Crippen LogP contribution is 2.30. The largest absolute Gasteiger partial charge is 0.496 e. The summed E-state index contributed by atoms with van der Waals surface area (Å²) < 4.78 is 5.44. The van der Waals surface area contributed by atoms with Gasteiger partial charge in [0.05, 0.1) is 7.11 Å². The fraction of sp³-hybridized carbons (Fsp3) is 0.478. The van der Waals surface area contributed by atoms with E-state index in [0.29, 0.717) is 18.7 Å². The predicted molar refractivity (Wildman–Crippen MR) is 120 cm³/mol. The third kappa shape index (κ3) is 4.25. The smallest absolute Gasteiger partial charge is 0.254 e. The average molecular weight is 432 g/mol. The molecule has 0 unspecified atom stereocenters. The minimum Gasteiger partial charge on any atom is -0.496 e. The molecule has 0 radical (unpaired) electrons. The molecule has 0 aliphatic carbocycles. The van der Waals surface area contributed by atoms with Crippen LogP contribution < -0.4 is 10.1 Å². The van der Waals surface area contributed by atoms with Gasteiger partial charge in [-0.05, 0) is 37.3 Å². The lowest BCUT2D eigenvalue weighted by molar-refractivity contribution is -0.139. The number of fused-ring (bicyclic) bond motifs is 1. The van der Waals surface area contributed by atoms with Crippen LogP contribution in [0.25, 0.3) is 10.8 Å². The molecule has 0 aromatic heterocycles. The molecule has 7 heteroatoms. The molecule has 2 fully saturated rings. The Kier molecular flexibility index (Phi) is 7.21. The Bertz CT molecular complexity index is 912. The molecule has 2 amide bonds. The lowest BCUT2D eigenvalue weighted by Crippen LogP contribution is -2.55. The molecule has 4 rings (SSSR count). The van der Waals surface area contributed by atoms with Gasteiger partial charge in [-0.2, -0.15) is 0 Å². The van der Waals surface area contributed by atoms with Crippen LogP contribution >= 0.6 is 12.4 Å². The summed E-state index contributed by atoms with van der Waals surface area (Å²) in [7, 11) is 1.64. The van der Waals surface area contributed by atoms with Crippen LogP contribution in [-0.4, -0.2) is 67.5 Å². The van der Waals surface area contributed by atoms with Gasteiger partial charge in [0.1, 0.15) is 5.75 Å².